The monoisotopic (exact) mass is 470 g/mol. The topological polar surface area (TPSA) is 106 Å². The largest absolute Gasteiger partial charge is 0.481 e. The molecule has 180 valence electrons. The summed E-state index contributed by atoms with van der Waals surface area (Å²) < 4.78 is 5.10. The number of hydrogen-bond acceptors (Lipinski definition) is 6. The van der Waals surface area contributed by atoms with Crippen LogP contribution in [0, 0.1) is 11.3 Å². The molecular weight excluding hydrogens is 440 g/mol. The lowest BCUT2D eigenvalue weighted by atomic mass is 9.95. The zero-order valence-electron chi connectivity index (χ0n) is 19.7. The molecule has 1 aliphatic heterocycles. The fourth-order valence-electron chi connectivity index (χ4n) is 4.57. The van der Waals surface area contributed by atoms with Crippen molar-refractivity contribution in [3.8, 4) is 6.07 Å². The maximum atomic E-state index is 11.6. The van der Waals surface area contributed by atoms with Gasteiger partial charge in [-0.1, -0.05) is 60.7 Å². The Balaban J connectivity index is 1.49. The SMILES string of the molecule is COCC(C(=O)O)c1cccc(CCN[C@H](c2ccccc2)[C@H]2CNc3cccc(C#N)c3N2)c1. The maximum absolute atomic E-state index is 11.6. The Bertz CT molecular complexity index is 1190. The molecule has 0 spiro atoms. The Kier molecular flexibility index (Phi) is 7.99. The average Bonchev–Trinajstić information content (AvgIpc) is 2.89. The Hall–Kier alpha value is -3.86. The summed E-state index contributed by atoms with van der Waals surface area (Å²) in [5.74, 6) is -1.57. The van der Waals surface area contributed by atoms with Gasteiger partial charge in [0.15, 0.2) is 0 Å². The number of hydrogen-bond donors (Lipinski definition) is 4. The second-order valence-corrected chi connectivity index (χ2v) is 8.66. The van der Waals surface area contributed by atoms with Crippen LogP contribution in [0.4, 0.5) is 11.4 Å². The molecule has 0 aliphatic carbocycles. The number of carbonyl (C=O) groups is 1. The molecule has 0 saturated heterocycles. The number of rotatable bonds is 10. The van der Waals surface area contributed by atoms with Crippen molar-refractivity contribution in [2.45, 2.75) is 24.4 Å². The van der Waals surface area contributed by atoms with E-state index in [1.807, 2.05) is 60.7 Å². The number of anilines is 2. The van der Waals surface area contributed by atoms with Gasteiger partial charge in [-0.25, -0.2) is 0 Å². The van der Waals surface area contributed by atoms with E-state index in [0.29, 0.717) is 18.7 Å². The average molecular weight is 471 g/mol. The van der Waals surface area contributed by atoms with Crippen molar-refractivity contribution < 1.29 is 14.6 Å². The molecule has 0 bridgehead atoms. The maximum Gasteiger partial charge on any atom is 0.313 e. The fraction of sp³-hybridized carbons (Fsp3) is 0.286. The van der Waals surface area contributed by atoms with Gasteiger partial charge in [-0.3, -0.25) is 4.79 Å². The van der Waals surface area contributed by atoms with Gasteiger partial charge in [-0.2, -0.15) is 5.26 Å². The minimum Gasteiger partial charge on any atom is -0.481 e. The number of fused-ring (bicyclic) bond motifs is 1. The molecule has 1 unspecified atom stereocenters. The third-order valence-corrected chi connectivity index (χ3v) is 6.35. The minimum atomic E-state index is -0.890. The van der Waals surface area contributed by atoms with Crippen LogP contribution >= 0.6 is 0 Å². The van der Waals surface area contributed by atoms with Crippen LogP contribution in [0.5, 0.6) is 0 Å². The Morgan fingerprint density at radius 2 is 1.91 bits per heavy atom. The van der Waals surface area contributed by atoms with E-state index in [1.54, 1.807) is 0 Å². The molecule has 3 aromatic rings. The first-order chi connectivity index (χ1) is 17.1. The summed E-state index contributed by atoms with van der Waals surface area (Å²) in [6.07, 6.45) is 0.747. The molecule has 3 atom stereocenters. The van der Waals surface area contributed by atoms with Crippen molar-refractivity contribution in [3.63, 3.8) is 0 Å². The molecule has 1 aliphatic rings. The number of aliphatic carboxylic acids is 1. The lowest BCUT2D eigenvalue weighted by Gasteiger charge is -2.35. The molecule has 0 fully saturated rings. The summed E-state index contributed by atoms with van der Waals surface area (Å²) in [5, 5.41) is 29.9. The van der Waals surface area contributed by atoms with Crippen molar-refractivity contribution in [2.24, 2.45) is 0 Å². The second kappa shape index (κ2) is 11.5. The van der Waals surface area contributed by atoms with Crippen molar-refractivity contribution in [1.29, 1.82) is 5.26 Å². The van der Waals surface area contributed by atoms with Gasteiger partial charge in [0.1, 0.15) is 12.0 Å². The Morgan fingerprint density at radius 3 is 2.66 bits per heavy atom. The number of ether oxygens (including phenoxy) is 1. The van der Waals surface area contributed by atoms with Gasteiger partial charge in [-0.15, -0.1) is 0 Å². The Morgan fingerprint density at radius 1 is 1.14 bits per heavy atom. The highest BCUT2D eigenvalue weighted by molar-refractivity contribution is 5.78. The van der Waals surface area contributed by atoms with Gasteiger partial charge >= 0.3 is 5.97 Å². The van der Waals surface area contributed by atoms with Crippen LogP contribution in [0.1, 0.15) is 34.2 Å². The first-order valence-corrected chi connectivity index (χ1v) is 11.7. The lowest BCUT2D eigenvalue weighted by Crippen LogP contribution is -2.44. The second-order valence-electron chi connectivity index (χ2n) is 8.66. The molecule has 35 heavy (non-hydrogen) atoms. The zero-order valence-corrected chi connectivity index (χ0v) is 19.7. The van der Waals surface area contributed by atoms with Gasteiger partial charge in [0.2, 0.25) is 0 Å². The number of nitriles is 1. The molecule has 1 heterocycles. The quantitative estimate of drug-likeness (QED) is 0.353. The minimum absolute atomic E-state index is 0.00652. The normalized spacial score (nSPS) is 16.2. The van der Waals surface area contributed by atoms with Crippen molar-refractivity contribution in [1.82, 2.24) is 5.32 Å². The third-order valence-electron chi connectivity index (χ3n) is 6.35. The standard InChI is InChI=1S/C28H30N4O3/c1-35-18-23(28(33)34)21-10-5-7-19(15-21)13-14-30-26(20-8-3-2-4-9-20)25-17-31-24-12-6-11-22(16-29)27(24)32-25/h2-12,15,23,25-26,30-32H,13-14,17-18H2,1H3,(H,33,34)/t23?,25-,26-/m1/s1. The molecule has 0 amide bonds. The van der Waals surface area contributed by atoms with E-state index in [0.717, 1.165) is 34.5 Å². The Labute approximate surface area is 205 Å². The van der Waals surface area contributed by atoms with Crippen LogP contribution in [0.15, 0.2) is 72.8 Å². The number of nitrogens with one attached hydrogen (secondary N) is 3. The molecule has 7 heteroatoms. The highest BCUT2D eigenvalue weighted by atomic mass is 16.5. The van der Waals surface area contributed by atoms with E-state index in [1.165, 1.54) is 7.11 Å². The van der Waals surface area contributed by atoms with Crippen molar-refractivity contribution in [2.75, 3.05) is 37.4 Å². The van der Waals surface area contributed by atoms with Crippen LogP contribution in [0.3, 0.4) is 0 Å². The molecule has 0 aromatic heterocycles. The fourth-order valence-corrected chi connectivity index (χ4v) is 4.57. The van der Waals surface area contributed by atoms with E-state index < -0.39 is 11.9 Å². The lowest BCUT2D eigenvalue weighted by molar-refractivity contribution is -0.140. The summed E-state index contributed by atoms with van der Waals surface area (Å²) in [6, 6.07) is 26.0. The smallest absolute Gasteiger partial charge is 0.313 e. The molecule has 4 N–H and O–H groups in total. The molecular formula is C28H30N4O3. The van der Waals surface area contributed by atoms with Gasteiger partial charge in [-0.05, 0) is 41.8 Å². The number of para-hydroxylation sites is 1. The summed E-state index contributed by atoms with van der Waals surface area (Å²) >= 11 is 0. The number of benzene rings is 3. The summed E-state index contributed by atoms with van der Waals surface area (Å²) in [4.78, 5) is 11.6. The van der Waals surface area contributed by atoms with Crippen LogP contribution in [-0.4, -0.2) is 43.9 Å². The van der Waals surface area contributed by atoms with Crippen LogP contribution < -0.4 is 16.0 Å². The first kappa shape index (κ1) is 24.3. The van der Waals surface area contributed by atoms with Crippen LogP contribution in [0.2, 0.25) is 0 Å². The van der Waals surface area contributed by atoms with Gasteiger partial charge in [0, 0.05) is 13.7 Å². The van der Waals surface area contributed by atoms with E-state index in [-0.39, 0.29) is 18.7 Å². The van der Waals surface area contributed by atoms with E-state index in [9.17, 15) is 15.2 Å². The molecule has 3 aromatic carbocycles. The number of carboxylic acid groups (broad SMARTS) is 1. The van der Waals surface area contributed by atoms with Gasteiger partial charge < -0.3 is 25.8 Å². The van der Waals surface area contributed by atoms with E-state index in [4.69, 9.17) is 4.74 Å². The predicted octanol–water partition coefficient (Wildman–Crippen LogP) is 4.15. The number of carboxylic acids is 1. The highest BCUT2D eigenvalue weighted by Gasteiger charge is 2.28. The van der Waals surface area contributed by atoms with Crippen molar-refractivity contribution in [3.05, 3.63) is 95.1 Å². The van der Waals surface area contributed by atoms with Gasteiger partial charge in [0.25, 0.3) is 0 Å². The van der Waals surface area contributed by atoms with Crippen LogP contribution in [0.25, 0.3) is 0 Å². The molecule has 7 nitrogen and oxygen atoms in total. The van der Waals surface area contributed by atoms with Crippen molar-refractivity contribution >= 4 is 17.3 Å². The summed E-state index contributed by atoms with van der Waals surface area (Å²) in [6.45, 7) is 1.55. The van der Waals surface area contributed by atoms with E-state index in [2.05, 4.69) is 34.2 Å². The summed E-state index contributed by atoms with van der Waals surface area (Å²) in [7, 11) is 1.51. The zero-order chi connectivity index (χ0) is 24.6. The van der Waals surface area contributed by atoms with Crippen LogP contribution in [-0.2, 0) is 16.0 Å². The first-order valence-electron chi connectivity index (χ1n) is 11.7. The molecule has 4 rings (SSSR count). The highest BCUT2D eigenvalue weighted by Crippen LogP contribution is 2.33. The summed E-state index contributed by atoms with van der Waals surface area (Å²) in [5.41, 5.74) is 5.36. The van der Waals surface area contributed by atoms with E-state index >= 15 is 0 Å². The number of methoxy groups -OCH3 is 1. The predicted molar refractivity (Wildman–Crippen MR) is 137 cm³/mol. The molecule has 0 radical (unpaired) electrons. The molecule has 0 saturated carbocycles. The third kappa shape index (κ3) is 5.80. The number of nitrogens with zero attached hydrogens (tertiary/aromatic N) is 1. The van der Waals surface area contributed by atoms with Gasteiger partial charge in [0.05, 0.1) is 35.6 Å².